The van der Waals surface area contributed by atoms with Crippen molar-refractivity contribution in [2.45, 2.75) is 38.2 Å². The van der Waals surface area contributed by atoms with Gasteiger partial charge in [0.1, 0.15) is 6.10 Å². The van der Waals surface area contributed by atoms with Crippen LogP contribution in [-0.2, 0) is 4.84 Å². The molecule has 2 nitrogen and oxygen atoms in total. The lowest BCUT2D eigenvalue weighted by Gasteiger charge is -2.18. The molecule has 0 aromatic heterocycles. The number of benzene rings is 1. The molecule has 2 rings (SSSR count). The summed E-state index contributed by atoms with van der Waals surface area (Å²) in [6, 6.07) is 7.58. The minimum atomic E-state index is 0.309. The summed E-state index contributed by atoms with van der Waals surface area (Å²) < 4.78 is 0. The van der Waals surface area contributed by atoms with E-state index in [2.05, 4.69) is 5.16 Å². The van der Waals surface area contributed by atoms with Gasteiger partial charge in [0.25, 0.3) is 0 Å². The number of hydrogen-bond donors (Lipinski definition) is 0. The summed E-state index contributed by atoms with van der Waals surface area (Å²) in [5, 5.41) is 4.75. The van der Waals surface area contributed by atoms with Gasteiger partial charge in [0, 0.05) is 5.02 Å². The van der Waals surface area contributed by atoms with Crippen molar-refractivity contribution in [3.63, 3.8) is 0 Å². The van der Waals surface area contributed by atoms with E-state index in [0.717, 1.165) is 23.4 Å². The van der Waals surface area contributed by atoms with E-state index in [-0.39, 0.29) is 0 Å². The van der Waals surface area contributed by atoms with Gasteiger partial charge in [-0.05, 0) is 43.4 Å². The normalized spacial score (nSPS) is 17.8. The second-order valence-corrected chi connectivity index (χ2v) is 4.59. The average Bonchev–Trinajstić information content (AvgIpc) is 2.30. The van der Waals surface area contributed by atoms with Crippen LogP contribution in [0.2, 0.25) is 5.02 Å². The van der Waals surface area contributed by atoms with E-state index in [9.17, 15) is 0 Å². The lowest BCUT2D eigenvalue weighted by Crippen LogP contribution is -2.13. The van der Waals surface area contributed by atoms with Gasteiger partial charge in [0.15, 0.2) is 0 Å². The maximum Gasteiger partial charge on any atom is 0.127 e. The Hall–Kier alpha value is -1.02. The van der Waals surface area contributed by atoms with E-state index in [0.29, 0.717) is 6.10 Å². The maximum absolute atomic E-state index is 5.87. The number of halogens is 1. The molecule has 1 saturated carbocycles. The monoisotopic (exact) mass is 237 g/mol. The highest BCUT2D eigenvalue weighted by Gasteiger charge is 2.13. The first-order chi connectivity index (χ1) is 7.84. The van der Waals surface area contributed by atoms with Crippen LogP contribution in [0.1, 0.15) is 37.7 Å². The third-order valence-corrected chi connectivity index (χ3v) is 3.05. The van der Waals surface area contributed by atoms with Gasteiger partial charge in [0.2, 0.25) is 0 Å². The molecule has 0 aliphatic heterocycles. The van der Waals surface area contributed by atoms with Gasteiger partial charge in [-0.3, -0.25) is 0 Å². The fourth-order valence-corrected chi connectivity index (χ4v) is 2.13. The molecule has 16 heavy (non-hydrogen) atoms. The van der Waals surface area contributed by atoms with Gasteiger partial charge in [-0.1, -0.05) is 35.3 Å². The van der Waals surface area contributed by atoms with E-state index >= 15 is 0 Å². The van der Waals surface area contributed by atoms with Crippen LogP contribution in [0.5, 0.6) is 0 Å². The van der Waals surface area contributed by atoms with Crippen molar-refractivity contribution >= 4 is 17.8 Å². The smallest absolute Gasteiger partial charge is 0.127 e. The SMILES string of the molecule is Clc1cccc(C=NOC2CCCCC2)c1. The molecule has 0 radical (unpaired) electrons. The fourth-order valence-electron chi connectivity index (χ4n) is 1.93. The van der Waals surface area contributed by atoms with Gasteiger partial charge < -0.3 is 4.84 Å². The summed E-state index contributed by atoms with van der Waals surface area (Å²) in [5.74, 6) is 0. The van der Waals surface area contributed by atoms with Gasteiger partial charge in [0.05, 0.1) is 6.21 Å². The summed E-state index contributed by atoms with van der Waals surface area (Å²) in [6.07, 6.45) is 8.15. The molecule has 0 spiro atoms. The highest BCUT2D eigenvalue weighted by atomic mass is 35.5. The molecule has 86 valence electrons. The molecule has 0 saturated heterocycles. The van der Waals surface area contributed by atoms with E-state index in [1.807, 2.05) is 24.3 Å². The highest BCUT2D eigenvalue weighted by Crippen LogP contribution is 2.20. The van der Waals surface area contributed by atoms with Gasteiger partial charge in [-0.15, -0.1) is 0 Å². The van der Waals surface area contributed by atoms with Crippen molar-refractivity contribution in [3.8, 4) is 0 Å². The van der Waals surface area contributed by atoms with Crippen LogP contribution in [0.25, 0.3) is 0 Å². The van der Waals surface area contributed by atoms with Crippen LogP contribution in [0.3, 0.4) is 0 Å². The second kappa shape index (κ2) is 5.90. The Morgan fingerprint density at radius 2 is 2.06 bits per heavy atom. The van der Waals surface area contributed by atoms with Crippen LogP contribution in [0.4, 0.5) is 0 Å². The molecule has 3 heteroatoms. The molecule has 1 aromatic carbocycles. The van der Waals surface area contributed by atoms with Crippen molar-refractivity contribution in [1.29, 1.82) is 0 Å². The molecule has 1 fully saturated rings. The van der Waals surface area contributed by atoms with E-state index in [1.165, 1.54) is 19.3 Å². The lowest BCUT2D eigenvalue weighted by molar-refractivity contribution is 0.0340. The fraction of sp³-hybridized carbons (Fsp3) is 0.462. The standard InChI is InChI=1S/C13H16ClNO/c14-12-6-4-5-11(9-12)10-15-16-13-7-2-1-3-8-13/h4-6,9-10,13H,1-3,7-8H2. The number of hydrogen-bond acceptors (Lipinski definition) is 2. The lowest BCUT2D eigenvalue weighted by atomic mass is 9.98. The predicted octanol–water partition coefficient (Wildman–Crippen LogP) is 4.02. The summed E-state index contributed by atoms with van der Waals surface area (Å²) >= 11 is 5.87. The molecule has 0 N–H and O–H groups in total. The molecule has 1 aliphatic rings. The number of nitrogens with zero attached hydrogens (tertiary/aromatic N) is 1. The Morgan fingerprint density at radius 1 is 1.25 bits per heavy atom. The molecule has 0 atom stereocenters. The van der Waals surface area contributed by atoms with Crippen molar-refractivity contribution < 1.29 is 4.84 Å². The van der Waals surface area contributed by atoms with Crippen molar-refractivity contribution in [2.75, 3.05) is 0 Å². The molecule has 0 bridgehead atoms. The van der Waals surface area contributed by atoms with Crippen LogP contribution in [0.15, 0.2) is 29.4 Å². The minimum Gasteiger partial charge on any atom is -0.393 e. The highest BCUT2D eigenvalue weighted by molar-refractivity contribution is 6.30. The molecular formula is C13H16ClNO. The first kappa shape index (κ1) is 11.5. The zero-order valence-electron chi connectivity index (χ0n) is 9.23. The number of oxime groups is 1. The molecule has 1 aromatic rings. The van der Waals surface area contributed by atoms with Crippen molar-refractivity contribution in [3.05, 3.63) is 34.9 Å². The summed E-state index contributed by atoms with van der Waals surface area (Å²) in [6.45, 7) is 0. The Balaban J connectivity index is 1.84. The van der Waals surface area contributed by atoms with Gasteiger partial charge in [-0.25, -0.2) is 0 Å². The maximum atomic E-state index is 5.87. The van der Waals surface area contributed by atoms with Crippen molar-refractivity contribution in [1.82, 2.24) is 0 Å². The first-order valence-electron chi connectivity index (χ1n) is 5.79. The summed E-state index contributed by atoms with van der Waals surface area (Å²) in [4.78, 5) is 5.45. The topological polar surface area (TPSA) is 21.6 Å². The molecule has 0 unspecified atom stereocenters. The zero-order valence-corrected chi connectivity index (χ0v) is 9.99. The largest absolute Gasteiger partial charge is 0.393 e. The predicted molar refractivity (Wildman–Crippen MR) is 67.0 cm³/mol. The molecule has 1 aliphatic carbocycles. The summed E-state index contributed by atoms with van der Waals surface area (Å²) in [5.41, 5.74) is 0.975. The minimum absolute atomic E-state index is 0.309. The first-order valence-corrected chi connectivity index (χ1v) is 6.17. The van der Waals surface area contributed by atoms with Gasteiger partial charge in [-0.2, -0.15) is 0 Å². The van der Waals surface area contributed by atoms with E-state index < -0.39 is 0 Å². The van der Waals surface area contributed by atoms with Crippen LogP contribution >= 0.6 is 11.6 Å². The Bertz CT molecular complexity index is 359. The Kier molecular flexibility index (Phi) is 4.23. The van der Waals surface area contributed by atoms with Crippen LogP contribution < -0.4 is 0 Å². The van der Waals surface area contributed by atoms with Crippen LogP contribution in [0, 0.1) is 0 Å². The molecule has 0 amide bonds. The van der Waals surface area contributed by atoms with E-state index in [1.54, 1.807) is 6.21 Å². The third kappa shape index (κ3) is 3.53. The van der Waals surface area contributed by atoms with Gasteiger partial charge >= 0.3 is 0 Å². The molecular weight excluding hydrogens is 222 g/mol. The average molecular weight is 238 g/mol. The Morgan fingerprint density at radius 3 is 2.81 bits per heavy atom. The zero-order chi connectivity index (χ0) is 11.2. The van der Waals surface area contributed by atoms with E-state index in [4.69, 9.17) is 16.4 Å². The Labute approximate surface area is 101 Å². The quantitative estimate of drug-likeness (QED) is 0.575. The number of rotatable bonds is 3. The molecule has 0 heterocycles. The van der Waals surface area contributed by atoms with Crippen LogP contribution in [-0.4, -0.2) is 12.3 Å². The third-order valence-electron chi connectivity index (χ3n) is 2.81. The second-order valence-electron chi connectivity index (χ2n) is 4.15. The van der Waals surface area contributed by atoms with Crippen molar-refractivity contribution in [2.24, 2.45) is 5.16 Å². The summed E-state index contributed by atoms with van der Waals surface area (Å²) in [7, 11) is 0.